The van der Waals surface area contributed by atoms with E-state index in [1.165, 1.54) is 0 Å². The van der Waals surface area contributed by atoms with E-state index in [0.29, 0.717) is 11.5 Å². The number of rotatable bonds is 6. The first-order chi connectivity index (χ1) is 10.8. The topological polar surface area (TPSA) is 40.0 Å². The number of aliphatic imine (C=N–C) groups is 1. The Morgan fingerprint density at radius 1 is 0.818 bits per heavy atom. The van der Waals surface area contributed by atoms with Crippen LogP contribution in [0.15, 0.2) is 53.5 Å². The highest BCUT2D eigenvalue weighted by atomic mass is 16.5. The fourth-order valence-electron chi connectivity index (χ4n) is 1.91. The Morgan fingerprint density at radius 3 is 2.18 bits per heavy atom. The second kappa shape index (κ2) is 7.88. The van der Waals surface area contributed by atoms with Crippen molar-refractivity contribution in [1.29, 1.82) is 0 Å². The van der Waals surface area contributed by atoms with E-state index in [9.17, 15) is 0 Å². The molecule has 0 aromatic heterocycles. The maximum atomic E-state index is 5.27. The van der Waals surface area contributed by atoms with E-state index >= 15 is 0 Å². The van der Waals surface area contributed by atoms with Gasteiger partial charge in [-0.05, 0) is 48.0 Å². The molecule has 0 unspecified atom stereocenters. The molecule has 0 radical (unpaired) electrons. The molecule has 0 N–H and O–H groups in total. The molecule has 0 fully saturated rings. The highest BCUT2D eigenvalue weighted by Crippen LogP contribution is 2.27. The van der Waals surface area contributed by atoms with Gasteiger partial charge < -0.3 is 14.2 Å². The second-order valence-electron chi connectivity index (χ2n) is 4.45. The molecule has 0 saturated carbocycles. The molecule has 22 heavy (non-hydrogen) atoms. The van der Waals surface area contributed by atoms with Crippen LogP contribution in [0, 0.1) is 0 Å². The molecular weight excluding hydrogens is 278 g/mol. The van der Waals surface area contributed by atoms with Crippen LogP contribution in [0.3, 0.4) is 0 Å². The summed E-state index contributed by atoms with van der Waals surface area (Å²) in [6.45, 7) is 0. The Balaban J connectivity index is 2.03. The molecule has 4 nitrogen and oxygen atoms in total. The molecule has 2 aromatic rings. The Kier molecular flexibility index (Phi) is 5.60. The van der Waals surface area contributed by atoms with Crippen LogP contribution in [-0.4, -0.2) is 27.5 Å². The number of allylic oxidation sites excluding steroid dienone is 1. The summed E-state index contributed by atoms with van der Waals surface area (Å²) < 4.78 is 15.6. The summed E-state index contributed by atoms with van der Waals surface area (Å²) >= 11 is 0. The van der Waals surface area contributed by atoms with Gasteiger partial charge in [-0.2, -0.15) is 0 Å². The molecule has 0 heterocycles. The number of benzene rings is 2. The van der Waals surface area contributed by atoms with Crippen molar-refractivity contribution < 1.29 is 14.2 Å². The first-order valence-electron chi connectivity index (χ1n) is 6.83. The Hall–Kier alpha value is -2.75. The van der Waals surface area contributed by atoms with Gasteiger partial charge in [-0.25, -0.2) is 0 Å². The van der Waals surface area contributed by atoms with E-state index in [1.807, 2.05) is 54.6 Å². The van der Waals surface area contributed by atoms with Crippen LogP contribution in [0.2, 0.25) is 0 Å². The zero-order valence-electron chi connectivity index (χ0n) is 12.9. The van der Waals surface area contributed by atoms with Gasteiger partial charge in [0.05, 0.1) is 27.0 Å². The standard InChI is InChI=1S/C18H19NO3/c1-20-16-9-7-15(8-10-16)19-12-4-5-14-6-11-17(21-2)18(13-14)22-3/h4-13H,1-3H3. The Bertz CT molecular complexity index is 661. The Morgan fingerprint density at radius 2 is 1.55 bits per heavy atom. The molecule has 2 rings (SSSR count). The third kappa shape index (κ3) is 4.12. The minimum absolute atomic E-state index is 0.705. The van der Waals surface area contributed by atoms with Crippen molar-refractivity contribution in [3.63, 3.8) is 0 Å². The van der Waals surface area contributed by atoms with Gasteiger partial charge in [-0.1, -0.05) is 12.1 Å². The lowest BCUT2D eigenvalue weighted by Crippen LogP contribution is -1.90. The monoisotopic (exact) mass is 297 g/mol. The number of ether oxygens (including phenoxy) is 3. The average molecular weight is 297 g/mol. The van der Waals surface area contributed by atoms with E-state index < -0.39 is 0 Å². The highest BCUT2D eigenvalue weighted by molar-refractivity contribution is 5.80. The highest BCUT2D eigenvalue weighted by Gasteiger charge is 2.02. The summed E-state index contributed by atoms with van der Waals surface area (Å²) in [5, 5.41) is 0. The fourth-order valence-corrected chi connectivity index (χ4v) is 1.91. The fraction of sp³-hybridized carbons (Fsp3) is 0.167. The van der Waals surface area contributed by atoms with Crippen molar-refractivity contribution in [2.24, 2.45) is 4.99 Å². The maximum absolute atomic E-state index is 5.27. The lowest BCUT2D eigenvalue weighted by Gasteiger charge is -2.07. The quantitative estimate of drug-likeness (QED) is 0.753. The zero-order chi connectivity index (χ0) is 15.8. The van der Waals surface area contributed by atoms with Crippen LogP contribution in [-0.2, 0) is 0 Å². The van der Waals surface area contributed by atoms with Gasteiger partial charge in [-0.15, -0.1) is 0 Å². The first kappa shape index (κ1) is 15.6. The average Bonchev–Trinajstić information content (AvgIpc) is 2.59. The molecule has 2 aromatic carbocycles. The summed E-state index contributed by atoms with van der Waals surface area (Å²) in [6, 6.07) is 13.3. The van der Waals surface area contributed by atoms with E-state index in [2.05, 4.69) is 4.99 Å². The first-order valence-corrected chi connectivity index (χ1v) is 6.83. The minimum atomic E-state index is 0.705. The third-order valence-electron chi connectivity index (χ3n) is 3.08. The SMILES string of the molecule is COc1ccc(N=CC=Cc2ccc(OC)c(OC)c2)cc1. The molecule has 0 aliphatic rings. The largest absolute Gasteiger partial charge is 0.497 e. The van der Waals surface area contributed by atoms with Gasteiger partial charge in [0, 0.05) is 6.21 Å². The summed E-state index contributed by atoms with van der Waals surface area (Å²) in [5.74, 6) is 2.24. The van der Waals surface area contributed by atoms with Crippen molar-refractivity contribution in [3.8, 4) is 17.2 Å². The van der Waals surface area contributed by atoms with Crippen LogP contribution in [0.25, 0.3) is 6.08 Å². The molecule has 0 aliphatic carbocycles. The van der Waals surface area contributed by atoms with Crippen molar-refractivity contribution in [1.82, 2.24) is 0 Å². The second-order valence-corrected chi connectivity index (χ2v) is 4.45. The lowest BCUT2D eigenvalue weighted by atomic mass is 10.2. The maximum Gasteiger partial charge on any atom is 0.161 e. The van der Waals surface area contributed by atoms with E-state index in [1.54, 1.807) is 27.5 Å². The van der Waals surface area contributed by atoms with E-state index in [0.717, 1.165) is 17.0 Å². The van der Waals surface area contributed by atoms with Crippen LogP contribution >= 0.6 is 0 Å². The van der Waals surface area contributed by atoms with Gasteiger partial charge in [0.1, 0.15) is 5.75 Å². The number of nitrogens with zero attached hydrogens (tertiary/aromatic N) is 1. The molecule has 114 valence electrons. The van der Waals surface area contributed by atoms with Gasteiger partial charge in [-0.3, -0.25) is 4.99 Å². The molecule has 0 atom stereocenters. The summed E-state index contributed by atoms with van der Waals surface area (Å²) in [6.07, 6.45) is 5.58. The van der Waals surface area contributed by atoms with Crippen LogP contribution in [0.1, 0.15) is 5.56 Å². The van der Waals surface area contributed by atoms with Crippen molar-refractivity contribution >= 4 is 18.0 Å². The normalized spacial score (nSPS) is 11.0. The molecule has 4 heteroatoms. The van der Waals surface area contributed by atoms with E-state index in [-0.39, 0.29) is 0 Å². The molecule has 0 bridgehead atoms. The van der Waals surface area contributed by atoms with Gasteiger partial charge in [0.25, 0.3) is 0 Å². The van der Waals surface area contributed by atoms with Gasteiger partial charge in [0.15, 0.2) is 11.5 Å². The Labute approximate surface area is 130 Å². The van der Waals surface area contributed by atoms with E-state index in [4.69, 9.17) is 14.2 Å². The van der Waals surface area contributed by atoms with Gasteiger partial charge in [0.2, 0.25) is 0 Å². The predicted molar refractivity (Wildman–Crippen MR) is 89.7 cm³/mol. The van der Waals surface area contributed by atoms with Gasteiger partial charge >= 0.3 is 0 Å². The zero-order valence-corrected chi connectivity index (χ0v) is 12.9. The van der Waals surface area contributed by atoms with Crippen molar-refractivity contribution in [2.75, 3.05) is 21.3 Å². The number of methoxy groups -OCH3 is 3. The molecule has 0 spiro atoms. The van der Waals surface area contributed by atoms with Crippen molar-refractivity contribution in [3.05, 3.63) is 54.1 Å². The molecule has 0 aliphatic heterocycles. The summed E-state index contributed by atoms with van der Waals surface area (Å²) in [7, 11) is 4.88. The predicted octanol–water partition coefficient (Wildman–Crippen LogP) is 4.13. The summed E-state index contributed by atoms with van der Waals surface area (Å²) in [4.78, 5) is 4.35. The molecule has 0 amide bonds. The van der Waals surface area contributed by atoms with Crippen LogP contribution < -0.4 is 14.2 Å². The van der Waals surface area contributed by atoms with Crippen LogP contribution in [0.5, 0.6) is 17.2 Å². The number of hydrogen-bond acceptors (Lipinski definition) is 4. The smallest absolute Gasteiger partial charge is 0.161 e. The lowest BCUT2D eigenvalue weighted by molar-refractivity contribution is 0.355. The van der Waals surface area contributed by atoms with Crippen LogP contribution in [0.4, 0.5) is 5.69 Å². The molecular formula is C18H19NO3. The third-order valence-corrected chi connectivity index (χ3v) is 3.08. The molecule has 0 saturated heterocycles. The summed E-state index contributed by atoms with van der Waals surface area (Å²) in [5.41, 5.74) is 1.89. The van der Waals surface area contributed by atoms with Crippen molar-refractivity contribution in [2.45, 2.75) is 0 Å². The number of hydrogen-bond donors (Lipinski definition) is 0. The minimum Gasteiger partial charge on any atom is -0.497 e.